The predicted molar refractivity (Wildman–Crippen MR) is 97.5 cm³/mol. The van der Waals surface area contributed by atoms with Crippen LogP contribution in [0.3, 0.4) is 0 Å². The number of rotatable bonds is 4. The molecule has 7 nitrogen and oxygen atoms in total. The van der Waals surface area contributed by atoms with Crippen LogP contribution >= 0.6 is 0 Å². The van der Waals surface area contributed by atoms with Crippen molar-refractivity contribution in [2.75, 3.05) is 13.1 Å². The SMILES string of the molecule is C[C@]1(C(=O)O)CCN(C(=O)c2cc(-c3ccco3)nn2-c2ccccc2)C1. The van der Waals surface area contributed by atoms with Gasteiger partial charge in [-0.1, -0.05) is 18.2 Å². The number of para-hydroxylation sites is 1. The molecule has 0 aliphatic carbocycles. The molecule has 0 saturated carbocycles. The molecule has 7 heteroatoms. The number of aromatic nitrogens is 2. The summed E-state index contributed by atoms with van der Waals surface area (Å²) in [6.07, 6.45) is 1.98. The number of aliphatic carboxylic acids is 1. The molecular formula is C20H19N3O4. The van der Waals surface area contributed by atoms with Crippen LogP contribution in [-0.4, -0.2) is 44.8 Å². The molecule has 27 heavy (non-hydrogen) atoms. The fraction of sp³-hybridized carbons (Fsp3) is 0.250. The van der Waals surface area contributed by atoms with E-state index in [0.717, 1.165) is 5.69 Å². The van der Waals surface area contributed by atoms with Crippen molar-refractivity contribution in [3.8, 4) is 17.1 Å². The Labute approximate surface area is 155 Å². The molecule has 1 saturated heterocycles. The van der Waals surface area contributed by atoms with Gasteiger partial charge in [0.1, 0.15) is 11.4 Å². The lowest BCUT2D eigenvalue weighted by Crippen LogP contribution is -2.35. The molecule has 1 amide bonds. The molecular weight excluding hydrogens is 346 g/mol. The lowest BCUT2D eigenvalue weighted by Gasteiger charge is -2.20. The van der Waals surface area contributed by atoms with E-state index in [0.29, 0.717) is 30.1 Å². The third-order valence-electron chi connectivity index (χ3n) is 4.98. The number of benzene rings is 1. The zero-order valence-corrected chi connectivity index (χ0v) is 14.8. The number of carbonyl (C=O) groups excluding carboxylic acids is 1. The summed E-state index contributed by atoms with van der Waals surface area (Å²) in [5, 5.41) is 14.0. The average molecular weight is 365 g/mol. The summed E-state index contributed by atoms with van der Waals surface area (Å²) < 4.78 is 7.00. The Morgan fingerprint density at radius 2 is 1.96 bits per heavy atom. The summed E-state index contributed by atoms with van der Waals surface area (Å²) in [6.45, 7) is 2.25. The van der Waals surface area contributed by atoms with Gasteiger partial charge >= 0.3 is 5.97 Å². The fourth-order valence-corrected chi connectivity index (χ4v) is 3.32. The van der Waals surface area contributed by atoms with Crippen LogP contribution < -0.4 is 0 Å². The van der Waals surface area contributed by atoms with Crippen molar-refractivity contribution < 1.29 is 19.1 Å². The molecule has 2 aromatic heterocycles. The van der Waals surface area contributed by atoms with Gasteiger partial charge in [0.15, 0.2) is 5.76 Å². The Kier molecular flexibility index (Phi) is 4.07. The van der Waals surface area contributed by atoms with Crippen LogP contribution in [0.5, 0.6) is 0 Å². The second kappa shape index (κ2) is 6.42. The Morgan fingerprint density at radius 1 is 1.19 bits per heavy atom. The van der Waals surface area contributed by atoms with Crippen LogP contribution in [0, 0.1) is 5.41 Å². The van der Waals surface area contributed by atoms with E-state index in [-0.39, 0.29) is 12.5 Å². The van der Waals surface area contributed by atoms with Gasteiger partial charge in [-0.2, -0.15) is 5.10 Å². The largest absolute Gasteiger partial charge is 0.481 e. The van der Waals surface area contributed by atoms with Gasteiger partial charge in [-0.15, -0.1) is 0 Å². The number of carboxylic acids is 1. The average Bonchev–Trinajstić information content (AvgIpc) is 3.41. The van der Waals surface area contributed by atoms with Crippen molar-refractivity contribution in [3.05, 3.63) is 60.5 Å². The zero-order valence-electron chi connectivity index (χ0n) is 14.8. The Morgan fingerprint density at radius 3 is 2.59 bits per heavy atom. The minimum absolute atomic E-state index is 0.178. The van der Waals surface area contributed by atoms with E-state index in [1.54, 1.807) is 41.0 Å². The number of hydrogen-bond donors (Lipinski definition) is 1. The van der Waals surface area contributed by atoms with Gasteiger partial charge in [0.25, 0.3) is 5.91 Å². The van der Waals surface area contributed by atoms with E-state index in [9.17, 15) is 14.7 Å². The standard InChI is InChI=1S/C20H19N3O4/c1-20(19(25)26)9-10-22(13-20)18(24)16-12-15(17-8-5-11-27-17)21-23(16)14-6-3-2-4-7-14/h2-8,11-12H,9-10,13H2,1H3,(H,25,26)/t20-/m0/s1. The number of hydrogen-bond acceptors (Lipinski definition) is 4. The molecule has 0 bridgehead atoms. The summed E-state index contributed by atoms with van der Waals surface area (Å²) >= 11 is 0. The van der Waals surface area contributed by atoms with Crippen LogP contribution in [0.25, 0.3) is 17.1 Å². The first-order valence-electron chi connectivity index (χ1n) is 8.70. The Hall–Kier alpha value is -3.35. The maximum absolute atomic E-state index is 13.2. The number of amides is 1. The van der Waals surface area contributed by atoms with Gasteiger partial charge < -0.3 is 14.4 Å². The first kappa shape index (κ1) is 17.1. The smallest absolute Gasteiger partial charge is 0.311 e. The molecule has 1 N–H and O–H groups in total. The van der Waals surface area contributed by atoms with Gasteiger partial charge in [0.2, 0.25) is 0 Å². The maximum atomic E-state index is 13.2. The number of carbonyl (C=O) groups is 2. The molecule has 1 atom stereocenters. The Balaban J connectivity index is 1.73. The maximum Gasteiger partial charge on any atom is 0.311 e. The summed E-state index contributed by atoms with van der Waals surface area (Å²) in [5.41, 5.74) is 0.755. The fourth-order valence-electron chi connectivity index (χ4n) is 3.32. The highest BCUT2D eigenvalue weighted by molar-refractivity contribution is 5.95. The van der Waals surface area contributed by atoms with E-state index >= 15 is 0 Å². The number of furan rings is 1. The van der Waals surface area contributed by atoms with Crippen LogP contribution in [0.4, 0.5) is 0 Å². The predicted octanol–water partition coefficient (Wildman–Crippen LogP) is 3.07. The van der Waals surface area contributed by atoms with Crippen molar-refractivity contribution in [3.63, 3.8) is 0 Å². The highest BCUT2D eigenvalue weighted by Gasteiger charge is 2.43. The van der Waals surface area contributed by atoms with Crippen LogP contribution in [0.1, 0.15) is 23.8 Å². The second-order valence-electron chi connectivity index (χ2n) is 6.98. The highest BCUT2D eigenvalue weighted by atomic mass is 16.4. The van der Waals surface area contributed by atoms with Crippen molar-refractivity contribution in [2.24, 2.45) is 5.41 Å². The molecule has 138 valence electrons. The summed E-state index contributed by atoms with van der Waals surface area (Å²) in [5.74, 6) is -0.560. The van der Waals surface area contributed by atoms with Gasteiger partial charge in [-0.25, -0.2) is 4.68 Å². The normalized spacial score (nSPS) is 19.4. The van der Waals surface area contributed by atoms with Gasteiger partial charge in [-0.05, 0) is 37.6 Å². The van der Waals surface area contributed by atoms with Gasteiger partial charge in [0.05, 0.1) is 17.4 Å². The molecule has 1 aliphatic heterocycles. The lowest BCUT2D eigenvalue weighted by molar-refractivity contribution is -0.147. The summed E-state index contributed by atoms with van der Waals surface area (Å²) in [7, 11) is 0. The number of nitrogens with zero attached hydrogens (tertiary/aromatic N) is 3. The topological polar surface area (TPSA) is 88.6 Å². The molecule has 1 fully saturated rings. The van der Waals surface area contributed by atoms with Crippen molar-refractivity contribution >= 4 is 11.9 Å². The third kappa shape index (κ3) is 3.01. The molecule has 0 unspecified atom stereocenters. The van der Waals surface area contributed by atoms with E-state index in [2.05, 4.69) is 5.10 Å². The van der Waals surface area contributed by atoms with E-state index in [4.69, 9.17) is 4.42 Å². The van der Waals surface area contributed by atoms with Crippen LogP contribution in [-0.2, 0) is 4.79 Å². The van der Waals surface area contributed by atoms with E-state index < -0.39 is 11.4 Å². The van der Waals surface area contributed by atoms with Crippen molar-refractivity contribution in [1.82, 2.24) is 14.7 Å². The van der Waals surface area contributed by atoms with E-state index in [1.807, 2.05) is 30.3 Å². The highest BCUT2D eigenvalue weighted by Crippen LogP contribution is 2.32. The minimum atomic E-state index is -0.920. The first-order chi connectivity index (χ1) is 13.0. The minimum Gasteiger partial charge on any atom is -0.481 e. The quantitative estimate of drug-likeness (QED) is 0.768. The molecule has 0 spiro atoms. The number of carboxylic acid groups (broad SMARTS) is 1. The van der Waals surface area contributed by atoms with Gasteiger partial charge in [-0.3, -0.25) is 9.59 Å². The first-order valence-corrected chi connectivity index (χ1v) is 8.70. The molecule has 3 aromatic rings. The molecule has 1 aliphatic rings. The monoisotopic (exact) mass is 365 g/mol. The van der Waals surface area contributed by atoms with Crippen LogP contribution in [0.15, 0.2) is 59.2 Å². The summed E-state index contributed by atoms with van der Waals surface area (Å²) in [4.78, 5) is 26.3. The molecule has 4 rings (SSSR count). The Bertz CT molecular complexity index is 978. The lowest BCUT2D eigenvalue weighted by atomic mass is 9.90. The van der Waals surface area contributed by atoms with Gasteiger partial charge in [0, 0.05) is 19.2 Å². The second-order valence-corrected chi connectivity index (χ2v) is 6.98. The molecule has 0 radical (unpaired) electrons. The van der Waals surface area contributed by atoms with Crippen LogP contribution in [0.2, 0.25) is 0 Å². The van der Waals surface area contributed by atoms with Crippen molar-refractivity contribution in [2.45, 2.75) is 13.3 Å². The van der Waals surface area contributed by atoms with E-state index in [1.165, 1.54) is 0 Å². The zero-order chi connectivity index (χ0) is 19.0. The molecule has 1 aromatic carbocycles. The molecule has 3 heterocycles. The third-order valence-corrected chi connectivity index (χ3v) is 4.98. The summed E-state index contributed by atoms with van der Waals surface area (Å²) in [6, 6.07) is 14.6. The van der Waals surface area contributed by atoms with Crippen molar-refractivity contribution in [1.29, 1.82) is 0 Å². The number of likely N-dealkylation sites (tertiary alicyclic amines) is 1.